The molecule has 0 saturated heterocycles. The molecule has 0 fully saturated rings. The molecule has 2 heterocycles. The van der Waals surface area contributed by atoms with Gasteiger partial charge < -0.3 is 30.4 Å². The molecule has 0 aliphatic rings. The highest BCUT2D eigenvalue weighted by Gasteiger charge is 2.28. The van der Waals surface area contributed by atoms with Crippen molar-refractivity contribution >= 4 is 56.4 Å². The summed E-state index contributed by atoms with van der Waals surface area (Å²) in [4.78, 5) is 49.8. The first kappa shape index (κ1) is 29.7. The molecule has 4 rings (SSSR count). The number of carbonyl (C=O) groups excluding carboxylic acids is 4. The predicted octanol–water partition coefficient (Wildman–Crippen LogP) is 4.87. The van der Waals surface area contributed by atoms with Crippen molar-refractivity contribution in [2.75, 3.05) is 10.6 Å². The number of aromatic carboxylic acids is 2. The zero-order valence-electron chi connectivity index (χ0n) is 23.0. The van der Waals surface area contributed by atoms with Crippen LogP contribution in [-0.4, -0.2) is 23.8 Å². The fourth-order valence-electron chi connectivity index (χ4n) is 4.47. The summed E-state index contributed by atoms with van der Waals surface area (Å²) in [6, 6.07) is 14.7. The Morgan fingerprint density at radius 1 is 0.659 bits per heavy atom. The van der Waals surface area contributed by atoms with Crippen LogP contribution in [0, 0.1) is 19.3 Å². The van der Waals surface area contributed by atoms with E-state index in [0.29, 0.717) is 22.3 Å². The van der Waals surface area contributed by atoms with Crippen molar-refractivity contribution in [1.29, 1.82) is 0 Å². The molecule has 0 aliphatic carbocycles. The number of carboxylic acids is 2. The molecule has 0 aliphatic heterocycles. The summed E-state index contributed by atoms with van der Waals surface area (Å²) in [5, 5.41) is 32.9. The standard InChI is InChI=1S/C31H30N2O6S2/c1-17-5-9-19(10-6-17)21-15-40-27(25(21)29(36)37)32-23(34)13-31(3,4)14-24(35)33-28-26(30(38)39)22(16-41-28)20-11-7-18(2)8-12-20/h5-12,15-16H,13-14H2,1-4H3,(H,32,34)(H,33,35)(H,36,37)(H,38,39)/p-2. The average molecular weight is 589 g/mol. The quantitative estimate of drug-likeness (QED) is 0.271. The van der Waals surface area contributed by atoms with Crippen molar-refractivity contribution in [3.05, 3.63) is 81.5 Å². The van der Waals surface area contributed by atoms with E-state index in [4.69, 9.17) is 0 Å². The van der Waals surface area contributed by atoms with Gasteiger partial charge in [-0.2, -0.15) is 0 Å². The Kier molecular flexibility index (Phi) is 8.74. The van der Waals surface area contributed by atoms with Crippen molar-refractivity contribution in [1.82, 2.24) is 0 Å². The molecule has 0 bridgehead atoms. The SMILES string of the molecule is Cc1ccc(-c2csc(NC(=O)CC(C)(C)CC(=O)Nc3scc(-c4ccc(C)cc4)c3C(=O)[O-])c2C(=O)[O-])cc1. The number of thiophene rings is 2. The molecule has 2 aromatic carbocycles. The van der Waals surface area contributed by atoms with Gasteiger partial charge in [-0.05, 0) is 30.4 Å². The lowest BCUT2D eigenvalue weighted by molar-refractivity contribution is -0.255. The first-order chi connectivity index (χ1) is 19.3. The maximum atomic E-state index is 12.9. The Labute approximate surface area is 245 Å². The van der Waals surface area contributed by atoms with Crippen molar-refractivity contribution in [3.63, 3.8) is 0 Å². The van der Waals surface area contributed by atoms with E-state index < -0.39 is 29.2 Å². The van der Waals surface area contributed by atoms with Crippen LogP contribution in [0.4, 0.5) is 10.0 Å². The summed E-state index contributed by atoms with van der Waals surface area (Å²) in [7, 11) is 0. The molecule has 0 spiro atoms. The van der Waals surface area contributed by atoms with Gasteiger partial charge in [0.1, 0.15) is 10.0 Å². The second-order valence-electron chi connectivity index (χ2n) is 10.6. The van der Waals surface area contributed by atoms with Crippen molar-refractivity contribution < 1.29 is 29.4 Å². The molecule has 0 radical (unpaired) electrons. The number of hydrogen-bond acceptors (Lipinski definition) is 8. The van der Waals surface area contributed by atoms with Gasteiger partial charge in [0.25, 0.3) is 0 Å². The number of amides is 2. The van der Waals surface area contributed by atoms with Gasteiger partial charge in [0.2, 0.25) is 11.8 Å². The number of carboxylic acid groups (broad SMARTS) is 2. The van der Waals surface area contributed by atoms with Crippen molar-refractivity contribution in [2.24, 2.45) is 5.41 Å². The van der Waals surface area contributed by atoms with Crippen LogP contribution in [0.1, 0.15) is 58.5 Å². The second-order valence-corrected chi connectivity index (χ2v) is 12.4. The normalized spacial score (nSPS) is 11.2. The largest absolute Gasteiger partial charge is 0.545 e. The number of benzene rings is 2. The first-order valence-electron chi connectivity index (χ1n) is 12.7. The van der Waals surface area contributed by atoms with Gasteiger partial charge in [-0.25, -0.2) is 0 Å². The van der Waals surface area contributed by atoms with E-state index in [9.17, 15) is 29.4 Å². The minimum absolute atomic E-state index is 0.0862. The molecule has 2 N–H and O–H groups in total. The minimum Gasteiger partial charge on any atom is -0.545 e. The molecule has 0 atom stereocenters. The van der Waals surface area contributed by atoms with Crippen LogP contribution in [0.2, 0.25) is 0 Å². The van der Waals surface area contributed by atoms with E-state index in [1.54, 1.807) is 48.9 Å². The van der Waals surface area contributed by atoms with E-state index in [1.165, 1.54) is 0 Å². The summed E-state index contributed by atoms with van der Waals surface area (Å²) in [6.07, 6.45) is -0.172. The molecule has 2 aromatic heterocycles. The fraction of sp³-hybridized carbons (Fsp3) is 0.226. The molecule has 8 nitrogen and oxygen atoms in total. The topological polar surface area (TPSA) is 138 Å². The van der Waals surface area contributed by atoms with Crippen LogP contribution in [0.25, 0.3) is 22.3 Å². The van der Waals surface area contributed by atoms with Crippen LogP contribution >= 0.6 is 22.7 Å². The molecule has 4 aromatic rings. The monoisotopic (exact) mass is 588 g/mol. The van der Waals surface area contributed by atoms with E-state index in [0.717, 1.165) is 33.8 Å². The predicted molar refractivity (Wildman–Crippen MR) is 158 cm³/mol. The van der Waals surface area contributed by atoms with Gasteiger partial charge >= 0.3 is 0 Å². The fourth-order valence-corrected chi connectivity index (χ4v) is 6.42. The number of hydrogen-bond donors (Lipinski definition) is 2. The van der Waals surface area contributed by atoms with Crippen LogP contribution in [0.5, 0.6) is 0 Å². The Morgan fingerprint density at radius 3 is 1.32 bits per heavy atom. The number of nitrogens with one attached hydrogen (secondary N) is 2. The summed E-state index contributed by atoms with van der Waals surface area (Å²) in [5.41, 5.74) is 3.32. The Balaban J connectivity index is 1.44. The first-order valence-corrected chi connectivity index (χ1v) is 14.5. The number of carbonyl (C=O) groups is 4. The van der Waals surface area contributed by atoms with Gasteiger partial charge in [0.15, 0.2) is 0 Å². The molecule has 212 valence electrons. The third kappa shape index (κ3) is 7.08. The lowest BCUT2D eigenvalue weighted by atomic mass is 9.85. The molecule has 41 heavy (non-hydrogen) atoms. The van der Waals surface area contributed by atoms with E-state index in [2.05, 4.69) is 10.6 Å². The Hall–Kier alpha value is -4.28. The van der Waals surface area contributed by atoms with Crippen molar-refractivity contribution in [2.45, 2.75) is 40.5 Å². The third-order valence-corrected chi connectivity index (χ3v) is 8.29. The molecule has 2 amide bonds. The number of anilines is 2. The van der Waals surface area contributed by atoms with Gasteiger partial charge in [0, 0.05) is 45.9 Å². The molecule has 10 heteroatoms. The average Bonchev–Trinajstić information content (AvgIpc) is 3.48. The minimum atomic E-state index is -1.40. The van der Waals surface area contributed by atoms with E-state index >= 15 is 0 Å². The van der Waals surface area contributed by atoms with Crippen molar-refractivity contribution in [3.8, 4) is 22.3 Å². The van der Waals surface area contributed by atoms with Crippen LogP contribution in [0.3, 0.4) is 0 Å². The molecule has 0 saturated carbocycles. The van der Waals surface area contributed by atoms with E-state index in [-0.39, 0.29) is 34.0 Å². The highest BCUT2D eigenvalue weighted by molar-refractivity contribution is 7.15. The van der Waals surface area contributed by atoms with Crippen LogP contribution in [-0.2, 0) is 9.59 Å². The Morgan fingerprint density at radius 2 is 1.00 bits per heavy atom. The smallest absolute Gasteiger partial charge is 0.225 e. The number of aryl methyl sites for hydroxylation is 2. The Bertz CT molecular complexity index is 1500. The summed E-state index contributed by atoms with van der Waals surface area (Å²) < 4.78 is 0. The zero-order valence-corrected chi connectivity index (χ0v) is 24.6. The maximum Gasteiger partial charge on any atom is 0.225 e. The van der Waals surface area contributed by atoms with Gasteiger partial charge in [-0.3, -0.25) is 9.59 Å². The van der Waals surface area contributed by atoms with Crippen LogP contribution < -0.4 is 20.8 Å². The van der Waals surface area contributed by atoms with Crippen LogP contribution in [0.15, 0.2) is 59.3 Å². The zero-order chi connectivity index (χ0) is 29.9. The lowest BCUT2D eigenvalue weighted by Gasteiger charge is -2.23. The summed E-state index contributed by atoms with van der Waals surface area (Å²) >= 11 is 2.17. The summed E-state index contributed by atoms with van der Waals surface area (Å²) in [5.74, 6) is -3.73. The summed E-state index contributed by atoms with van der Waals surface area (Å²) in [6.45, 7) is 7.31. The molecular formula is C31H28N2O6S2-2. The molecule has 0 unspecified atom stereocenters. The second kappa shape index (κ2) is 12.1. The van der Waals surface area contributed by atoms with E-state index in [1.807, 2.05) is 38.1 Å². The highest BCUT2D eigenvalue weighted by atomic mass is 32.1. The lowest BCUT2D eigenvalue weighted by Crippen LogP contribution is -2.29. The van der Waals surface area contributed by atoms with Gasteiger partial charge in [-0.1, -0.05) is 73.5 Å². The third-order valence-electron chi connectivity index (χ3n) is 6.50. The van der Waals surface area contributed by atoms with Gasteiger partial charge in [0.05, 0.1) is 11.9 Å². The molecular weight excluding hydrogens is 560 g/mol. The highest BCUT2D eigenvalue weighted by Crippen LogP contribution is 2.38. The number of rotatable bonds is 10. The van der Waals surface area contributed by atoms with Gasteiger partial charge in [-0.15, -0.1) is 22.7 Å². The maximum absolute atomic E-state index is 12.9.